The Hall–Kier alpha value is -0.930. The molecule has 4 heteroatoms. The molecule has 0 saturated heterocycles. The number of hydrogen-bond acceptors (Lipinski definition) is 3. The molecule has 1 heterocycles. The van der Waals surface area contributed by atoms with Crippen LogP contribution in [-0.4, -0.2) is 20.2 Å². The SMILES string of the molecule is CC(C)n1nnnc1C1CCC1. The predicted molar refractivity (Wildman–Crippen MR) is 44.8 cm³/mol. The smallest absolute Gasteiger partial charge is 0.154 e. The maximum atomic E-state index is 4.06. The molecule has 12 heavy (non-hydrogen) atoms. The highest BCUT2D eigenvalue weighted by molar-refractivity contribution is 4.99. The minimum absolute atomic E-state index is 0.385. The van der Waals surface area contributed by atoms with Crippen LogP contribution in [0.25, 0.3) is 0 Å². The summed E-state index contributed by atoms with van der Waals surface area (Å²) < 4.78 is 1.93. The quantitative estimate of drug-likeness (QED) is 0.669. The monoisotopic (exact) mass is 166 g/mol. The zero-order valence-electron chi connectivity index (χ0n) is 7.56. The summed E-state index contributed by atoms with van der Waals surface area (Å²) >= 11 is 0. The van der Waals surface area contributed by atoms with Gasteiger partial charge < -0.3 is 0 Å². The Morgan fingerprint density at radius 3 is 2.67 bits per heavy atom. The number of tetrazole rings is 1. The highest BCUT2D eigenvalue weighted by atomic mass is 15.5. The summed E-state index contributed by atoms with van der Waals surface area (Å²) in [4.78, 5) is 0. The van der Waals surface area contributed by atoms with Gasteiger partial charge in [0.15, 0.2) is 5.82 Å². The van der Waals surface area contributed by atoms with Crippen LogP contribution in [0.1, 0.15) is 50.9 Å². The van der Waals surface area contributed by atoms with Crippen molar-refractivity contribution in [3.63, 3.8) is 0 Å². The first-order valence-corrected chi connectivity index (χ1v) is 4.57. The van der Waals surface area contributed by atoms with Crippen molar-refractivity contribution in [1.29, 1.82) is 0 Å². The second kappa shape index (κ2) is 2.84. The largest absolute Gasteiger partial charge is 0.227 e. The van der Waals surface area contributed by atoms with E-state index in [0.29, 0.717) is 12.0 Å². The molecule has 1 fully saturated rings. The van der Waals surface area contributed by atoms with E-state index in [1.807, 2.05) is 4.68 Å². The van der Waals surface area contributed by atoms with Gasteiger partial charge in [-0.25, -0.2) is 4.68 Å². The molecule has 1 aromatic rings. The van der Waals surface area contributed by atoms with Crippen molar-refractivity contribution >= 4 is 0 Å². The summed E-state index contributed by atoms with van der Waals surface area (Å²) in [5.74, 6) is 1.71. The van der Waals surface area contributed by atoms with Crippen LogP contribution >= 0.6 is 0 Å². The molecule has 0 aromatic carbocycles. The van der Waals surface area contributed by atoms with E-state index in [-0.39, 0.29) is 0 Å². The molecule has 1 saturated carbocycles. The van der Waals surface area contributed by atoms with E-state index in [1.165, 1.54) is 19.3 Å². The van der Waals surface area contributed by atoms with Gasteiger partial charge in [0.05, 0.1) is 6.04 Å². The van der Waals surface area contributed by atoms with Gasteiger partial charge in [-0.05, 0) is 37.1 Å². The Bertz CT molecular complexity index is 262. The van der Waals surface area contributed by atoms with Crippen molar-refractivity contribution in [3.8, 4) is 0 Å². The lowest BCUT2D eigenvalue weighted by Crippen LogP contribution is -2.17. The fourth-order valence-electron chi connectivity index (χ4n) is 1.50. The van der Waals surface area contributed by atoms with E-state index in [2.05, 4.69) is 29.4 Å². The fourth-order valence-corrected chi connectivity index (χ4v) is 1.50. The second-order valence-electron chi connectivity index (χ2n) is 3.70. The third-order valence-corrected chi connectivity index (χ3v) is 2.48. The molecule has 0 bridgehead atoms. The molecule has 0 radical (unpaired) electrons. The average Bonchev–Trinajstić information content (AvgIpc) is 2.31. The molecule has 0 spiro atoms. The normalized spacial score (nSPS) is 18.2. The molecule has 0 atom stereocenters. The first kappa shape index (κ1) is 7.71. The van der Waals surface area contributed by atoms with E-state index in [4.69, 9.17) is 0 Å². The van der Waals surface area contributed by atoms with Crippen LogP contribution in [0, 0.1) is 0 Å². The standard InChI is InChI=1S/C8H14N4/c1-6(2)12-8(9-10-11-12)7-4-3-5-7/h6-7H,3-5H2,1-2H3. The third kappa shape index (κ3) is 1.11. The lowest BCUT2D eigenvalue weighted by Gasteiger charge is -2.24. The Kier molecular flexibility index (Phi) is 1.83. The van der Waals surface area contributed by atoms with Gasteiger partial charge in [-0.2, -0.15) is 0 Å². The maximum absolute atomic E-state index is 4.06. The zero-order chi connectivity index (χ0) is 8.55. The van der Waals surface area contributed by atoms with Gasteiger partial charge in [0, 0.05) is 5.92 Å². The molecule has 0 unspecified atom stereocenters. The number of rotatable bonds is 2. The molecule has 1 aliphatic carbocycles. The Morgan fingerprint density at radius 2 is 2.17 bits per heavy atom. The van der Waals surface area contributed by atoms with Crippen molar-refractivity contribution in [2.75, 3.05) is 0 Å². The van der Waals surface area contributed by atoms with E-state index >= 15 is 0 Å². The van der Waals surface area contributed by atoms with E-state index in [0.717, 1.165) is 5.82 Å². The molecule has 0 amide bonds. The molecule has 1 aromatic heterocycles. The molecule has 2 rings (SSSR count). The van der Waals surface area contributed by atoms with Gasteiger partial charge in [0.25, 0.3) is 0 Å². The van der Waals surface area contributed by atoms with Crippen molar-refractivity contribution in [2.45, 2.75) is 45.1 Å². The first-order valence-electron chi connectivity index (χ1n) is 4.57. The van der Waals surface area contributed by atoms with Gasteiger partial charge in [0.1, 0.15) is 0 Å². The molecular weight excluding hydrogens is 152 g/mol. The maximum Gasteiger partial charge on any atom is 0.154 e. The van der Waals surface area contributed by atoms with Crippen LogP contribution in [0.4, 0.5) is 0 Å². The number of nitrogens with zero attached hydrogens (tertiary/aromatic N) is 4. The van der Waals surface area contributed by atoms with Crippen molar-refractivity contribution < 1.29 is 0 Å². The summed E-state index contributed by atoms with van der Waals surface area (Å²) in [5.41, 5.74) is 0. The average molecular weight is 166 g/mol. The molecule has 66 valence electrons. The Balaban J connectivity index is 2.23. The number of hydrogen-bond donors (Lipinski definition) is 0. The number of aromatic nitrogens is 4. The van der Waals surface area contributed by atoms with Crippen LogP contribution in [0.2, 0.25) is 0 Å². The van der Waals surface area contributed by atoms with Crippen LogP contribution < -0.4 is 0 Å². The van der Waals surface area contributed by atoms with Crippen LogP contribution in [0.15, 0.2) is 0 Å². The molecule has 0 aliphatic heterocycles. The minimum atomic E-state index is 0.385. The van der Waals surface area contributed by atoms with E-state index in [9.17, 15) is 0 Å². The van der Waals surface area contributed by atoms with Gasteiger partial charge in [-0.1, -0.05) is 6.42 Å². The summed E-state index contributed by atoms with van der Waals surface area (Å²) in [7, 11) is 0. The van der Waals surface area contributed by atoms with Crippen LogP contribution in [0.5, 0.6) is 0 Å². The molecule has 0 N–H and O–H groups in total. The van der Waals surface area contributed by atoms with Crippen molar-refractivity contribution in [2.24, 2.45) is 0 Å². The van der Waals surface area contributed by atoms with Gasteiger partial charge >= 0.3 is 0 Å². The second-order valence-corrected chi connectivity index (χ2v) is 3.70. The molecular formula is C8H14N4. The molecule has 1 aliphatic rings. The topological polar surface area (TPSA) is 43.6 Å². The van der Waals surface area contributed by atoms with Gasteiger partial charge in [0.2, 0.25) is 0 Å². The lowest BCUT2D eigenvalue weighted by atomic mass is 9.85. The van der Waals surface area contributed by atoms with Crippen molar-refractivity contribution in [3.05, 3.63) is 5.82 Å². The summed E-state index contributed by atoms with van der Waals surface area (Å²) in [6, 6.07) is 0.385. The Morgan fingerprint density at radius 1 is 1.42 bits per heavy atom. The third-order valence-electron chi connectivity index (χ3n) is 2.48. The van der Waals surface area contributed by atoms with Crippen LogP contribution in [-0.2, 0) is 0 Å². The van der Waals surface area contributed by atoms with E-state index < -0.39 is 0 Å². The fraction of sp³-hybridized carbons (Fsp3) is 0.875. The van der Waals surface area contributed by atoms with Crippen molar-refractivity contribution in [1.82, 2.24) is 20.2 Å². The highest BCUT2D eigenvalue weighted by Crippen LogP contribution is 2.35. The zero-order valence-corrected chi connectivity index (χ0v) is 7.56. The van der Waals surface area contributed by atoms with Gasteiger partial charge in [-0.15, -0.1) is 5.10 Å². The highest BCUT2D eigenvalue weighted by Gasteiger charge is 2.25. The summed E-state index contributed by atoms with van der Waals surface area (Å²) in [6.45, 7) is 4.22. The van der Waals surface area contributed by atoms with E-state index in [1.54, 1.807) is 0 Å². The minimum Gasteiger partial charge on any atom is -0.227 e. The summed E-state index contributed by atoms with van der Waals surface area (Å²) in [6.07, 6.45) is 3.84. The summed E-state index contributed by atoms with van der Waals surface area (Å²) in [5, 5.41) is 11.7. The van der Waals surface area contributed by atoms with Crippen LogP contribution in [0.3, 0.4) is 0 Å². The Labute approximate surface area is 72.0 Å². The lowest BCUT2D eigenvalue weighted by molar-refractivity contribution is 0.367. The first-order chi connectivity index (χ1) is 5.79. The van der Waals surface area contributed by atoms with Gasteiger partial charge in [-0.3, -0.25) is 0 Å². The molecule has 4 nitrogen and oxygen atoms in total. The predicted octanol–water partition coefficient (Wildman–Crippen LogP) is 1.52.